The van der Waals surface area contributed by atoms with Crippen LogP contribution >= 0.6 is 0 Å². The predicted octanol–water partition coefficient (Wildman–Crippen LogP) is -0.682. The molecule has 7 heteroatoms. The summed E-state index contributed by atoms with van der Waals surface area (Å²) in [5.41, 5.74) is 0.976. The molecule has 0 radical (unpaired) electrons. The Bertz CT molecular complexity index is 523. The molecule has 0 saturated carbocycles. The SMILES string of the molecule is CC(=O)N[C@H]1[C@H](Oc2cccc(C)c2)O[C@H](CO)[C@@H](O)[C@@H]1O. The lowest BCUT2D eigenvalue weighted by Crippen LogP contribution is -2.65. The number of nitrogens with one attached hydrogen (secondary N) is 1. The first-order chi connectivity index (χ1) is 10.4. The molecule has 0 bridgehead atoms. The summed E-state index contributed by atoms with van der Waals surface area (Å²) in [5.74, 6) is 0.112. The molecule has 1 aromatic rings. The molecule has 4 N–H and O–H groups in total. The van der Waals surface area contributed by atoms with Gasteiger partial charge in [0.25, 0.3) is 0 Å². The van der Waals surface area contributed by atoms with Gasteiger partial charge in [-0.2, -0.15) is 0 Å². The fraction of sp³-hybridized carbons (Fsp3) is 0.533. The van der Waals surface area contributed by atoms with Gasteiger partial charge in [0.15, 0.2) is 0 Å². The lowest BCUT2D eigenvalue weighted by molar-refractivity contribution is -0.244. The van der Waals surface area contributed by atoms with Gasteiger partial charge in [0.1, 0.15) is 30.1 Å². The van der Waals surface area contributed by atoms with Crippen molar-refractivity contribution in [3.63, 3.8) is 0 Å². The van der Waals surface area contributed by atoms with Gasteiger partial charge in [-0.25, -0.2) is 0 Å². The van der Waals surface area contributed by atoms with Gasteiger partial charge >= 0.3 is 0 Å². The lowest BCUT2D eigenvalue weighted by Gasteiger charge is -2.42. The molecule has 22 heavy (non-hydrogen) atoms. The minimum absolute atomic E-state index is 0.389. The van der Waals surface area contributed by atoms with Crippen LogP contribution in [-0.2, 0) is 9.53 Å². The number of benzene rings is 1. The van der Waals surface area contributed by atoms with Gasteiger partial charge in [0.2, 0.25) is 12.2 Å². The van der Waals surface area contributed by atoms with Crippen LogP contribution in [0.5, 0.6) is 5.75 Å². The molecule has 0 unspecified atom stereocenters. The number of rotatable bonds is 4. The van der Waals surface area contributed by atoms with Crippen molar-refractivity contribution in [1.29, 1.82) is 0 Å². The third kappa shape index (κ3) is 3.75. The molecule has 1 amide bonds. The number of amides is 1. The number of hydrogen-bond donors (Lipinski definition) is 4. The molecule has 2 rings (SSSR count). The van der Waals surface area contributed by atoms with Gasteiger partial charge < -0.3 is 30.1 Å². The van der Waals surface area contributed by atoms with Crippen molar-refractivity contribution in [2.24, 2.45) is 0 Å². The van der Waals surface area contributed by atoms with E-state index in [1.807, 2.05) is 13.0 Å². The van der Waals surface area contributed by atoms with E-state index in [0.717, 1.165) is 5.56 Å². The fourth-order valence-electron chi connectivity index (χ4n) is 2.39. The molecule has 1 fully saturated rings. The molecule has 0 aliphatic carbocycles. The minimum atomic E-state index is -1.32. The summed E-state index contributed by atoms with van der Waals surface area (Å²) in [6, 6.07) is 6.24. The van der Waals surface area contributed by atoms with Crippen LogP contribution in [0, 0.1) is 6.92 Å². The molecular formula is C15H21NO6. The first kappa shape index (κ1) is 16.7. The fourth-order valence-corrected chi connectivity index (χ4v) is 2.39. The summed E-state index contributed by atoms with van der Waals surface area (Å²) in [7, 11) is 0. The molecule has 1 aromatic carbocycles. The lowest BCUT2D eigenvalue weighted by atomic mass is 9.97. The van der Waals surface area contributed by atoms with Crippen molar-refractivity contribution in [2.75, 3.05) is 6.61 Å². The summed E-state index contributed by atoms with van der Waals surface area (Å²) < 4.78 is 11.2. The van der Waals surface area contributed by atoms with Crippen molar-refractivity contribution in [3.05, 3.63) is 29.8 Å². The standard InChI is InChI=1S/C15H21NO6/c1-8-4-3-5-10(6-8)21-15-12(16-9(2)18)14(20)13(19)11(7-17)22-15/h3-6,11-15,17,19-20H,7H2,1-2H3,(H,16,18)/t11-,12-,13-,14-,15-/m1/s1. The van der Waals surface area contributed by atoms with E-state index >= 15 is 0 Å². The molecule has 1 heterocycles. The van der Waals surface area contributed by atoms with Gasteiger partial charge in [0, 0.05) is 6.92 Å². The minimum Gasteiger partial charge on any atom is -0.463 e. The van der Waals surface area contributed by atoms with E-state index in [2.05, 4.69) is 5.32 Å². The number of aliphatic hydroxyl groups is 3. The van der Waals surface area contributed by atoms with Crippen LogP contribution < -0.4 is 10.1 Å². The van der Waals surface area contributed by atoms with E-state index in [1.54, 1.807) is 18.2 Å². The normalized spacial score (nSPS) is 31.6. The van der Waals surface area contributed by atoms with Crippen molar-refractivity contribution in [2.45, 2.75) is 44.5 Å². The van der Waals surface area contributed by atoms with E-state index in [4.69, 9.17) is 9.47 Å². The second kappa shape index (κ2) is 7.06. The summed E-state index contributed by atoms with van der Waals surface area (Å²) in [4.78, 5) is 11.3. The Kier molecular flexibility index (Phi) is 5.36. The van der Waals surface area contributed by atoms with Gasteiger partial charge in [-0.05, 0) is 24.6 Å². The topological polar surface area (TPSA) is 108 Å². The molecule has 122 valence electrons. The van der Waals surface area contributed by atoms with Crippen LogP contribution in [0.2, 0.25) is 0 Å². The molecule has 1 saturated heterocycles. The number of carbonyl (C=O) groups excluding carboxylic acids is 1. The van der Waals surface area contributed by atoms with Gasteiger partial charge in [-0.3, -0.25) is 4.79 Å². The van der Waals surface area contributed by atoms with Crippen LogP contribution in [0.25, 0.3) is 0 Å². The molecule has 1 aliphatic rings. The molecule has 0 spiro atoms. The van der Waals surface area contributed by atoms with Crippen molar-refractivity contribution in [1.82, 2.24) is 5.32 Å². The second-order valence-electron chi connectivity index (χ2n) is 5.37. The molecular weight excluding hydrogens is 290 g/mol. The Balaban J connectivity index is 2.21. The average Bonchev–Trinajstić information content (AvgIpc) is 2.46. The number of aliphatic hydroxyl groups excluding tert-OH is 3. The Hall–Kier alpha value is -1.67. The predicted molar refractivity (Wildman–Crippen MR) is 77.2 cm³/mol. The maximum absolute atomic E-state index is 11.3. The first-order valence-electron chi connectivity index (χ1n) is 7.05. The summed E-state index contributed by atoms with van der Waals surface area (Å²) in [5, 5.41) is 31.8. The van der Waals surface area contributed by atoms with E-state index in [0.29, 0.717) is 5.75 Å². The van der Waals surface area contributed by atoms with Crippen LogP contribution in [0.3, 0.4) is 0 Å². The van der Waals surface area contributed by atoms with Crippen LogP contribution in [-0.4, -0.2) is 58.5 Å². The number of aryl methyl sites for hydroxylation is 1. The smallest absolute Gasteiger partial charge is 0.223 e. The molecule has 5 atom stereocenters. The Labute approximate surface area is 128 Å². The number of carbonyl (C=O) groups is 1. The second-order valence-corrected chi connectivity index (χ2v) is 5.37. The maximum atomic E-state index is 11.3. The van der Waals surface area contributed by atoms with Crippen molar-refractivity contribution >= 4 is 5.91 Å². The summed E-state index contributed by atoms with van der Waals surface area (Å²) >= 11 is 0. The first-order valence-corrected chi connectivity index (χ1v) is 7.05. The maximum Gasteiger partial charge on any atom is 0.223 e. The van der Waals surface area contributed by atoms with Gasteiger partial charge in [-0.15, -0.1) is 0 Å². The zero-order valence-corrected chi connectivity index (χ0v) is 12.5. The highest BCUT2D eigenvalue weighted by Gasteiger charge is 2.46. The van der Waals surface area contributed by atoms with E-state index in [1.165, 1.54) is 6.92 Å². The zero-order valence-electron chi connectivity index (χ0n) is 12.5. The van der Waals surface area contributed by atoms with E-state index in [9.17, 15) is 20.1 Å². The largest absolute Gasteiger partial charge is 0.463 e. The number of hydrogen-bond acceptors (Lipinski definition) is 6. The highest BCUT2D eigenvalue weighted by Crippen LogP contribution is 2.24. The Morgan fingerprint density at radius 3 is 2.68 bits per heavy atom. The van der Waals surface area contributed by atoms with Crippen LogP contribution in [0.15, 0.2) is 24.3 Å². The van der Waals surface area contributed by atoms with Crippen LogP contribution in [0.1, 0.15) is 12.5 Å². The zero-order chi connectivity index (χ0) is 16.3. The Morgan fingerprint density at radius 1 is 1.36 bits per heavy atom. The quantitative estimate of drug-likeness (QED) is 0.587. The monoisotopic (exact) mass is 311 g/mol. The third-order valence-electron chi connectivity index (χ3n) is 3.49. The summed E-state index contributed by atoms with van der Waals surface area (Å²) in [6.45, 7) is 2.72. The Morgan fingerprint density at radius 2 is 2.09 bits per heavy atom. The average molecular weight is 311 g/mol. The van der Waals surface area contributed by atoms with E-state index in [-0.39, 0.29) is 5.91 Å². The molecule has 1 aliphatic heterocycles. The van der Waals surface area contributed by atoms with Crippen molar-refractivity contribution in [3.8, 4) is 5.75 Å². The van der Waals surface area contributed by atoms with Gasteiger partial charge in [0.05, 0.1) is 6.61 Å². The number of ether oxygens (including phenoxy) is 2. The highest BCUT2D eigenvalue weighted by molar-refractivity contribution is 5.73. The van der Waals surface area contributed by atoms with Crippen molar-refractivity contribution < 1.29 is 29.6 Å². The van der Waals surface area contributed by atoms with Crippen LogP contribution in [0.4, 0.5) is 0 Å². The third-order valence-corrected chi connectivity index (χ3v) is 3.49. The molecule has 0 aromatic heterocycles. The summed E-state index contributed by atoms with van der Waals surface area (Å²) in [6.07, 6.45) is -4.65. The molecule has 7 nitrogen and oxygen atoms in total. The van der Waals surface area contributed by atoms with Gasteiger partial charge in [-0.1, -0.05) is 12.1 Å². The highest BCUT2D eigenvalue weighted by atomic mass is 16.7. The van der Waals surface area contributed by atoms with E-state index < -0.39 is 37.3 Å².